The first kappa shape index (κ1) is 12.5. The van der Waals surface area contributed by atoms with Crippen LogP contribution < -0.4 is 5.32 Å². The number of hydrogen-bond donors (Lipinski definition) is 2. The van der Waals surface area contributed by atoms with Gasteiger partial charge in [-0.3, -0.25) is 4.79 Å². The third-order valence-electron chi connectivity index (χ3n) is 2.77. The van der Waals surface area contributed by atoms with Crippen molar-refractivity contribution in [3.8, 4) is 0 Å². The van der Waals surface area contributed by atoms with E-state index in [9.17, 15) is 4.79 Å². The zero-order valence-corrected chi connectivity index (χ0v) is 10.9. The molecule has 2 aromatic rings. The normalized spacial score (nSPS) is 11.7. The second-order valence-electron chi connectivity index (χ2n) is 5.32. The number of hydrogen-bond acceptors (Lipinski definition) is 3. The smallest absolute Gasteiger partial charge is 0.225 e. The molecule has 5 heteroatoms. The van der Waals surface area contributed by atoms with Crippen molar-refractivity contribution in [2.75, 3.05) is 6.54 Å². The van der Waals surface area contributed by atoms with Crippen LogP contribution in [0.15, 0.2) is 18.6 Å². The fraction of sp³-hybridized carbons (Fsp3) is 0.462. The van der Waals surface area contributed by atoms with Crippen LogP contribution in [0.3, 0.4) is 0 Å². The molecule has 2 rings (SSSR count). The van der Waals surface area contributed by atoms with E-state index in [0.29, 0.717) is 13.0 Å². The van der Waals surface area contributed by atoms with Gasteiger partial charge in [-0.2, -0.15) is 0 Å². The second-order valence-corrected chi connectivity index (χ2v) is 5.32. The number of amides is 1. The highest BCUT2D eigenvalue weighted by Crippen LogP contribution is 2.14. The first-order valence-corrected chi connectivity index (χ1v) is 6.04. The van der Waals surface area contributed by atoms with Gasteiger partial charge in [-0.25, -0.2) is 9.97 Å². The molecule has 0 atom stereocenters. The zero-order chi connectivity index (χ0) is 13.2. The summed E-state index contributed by atoms with van der Waals surface area (Å²) in [6.07, 6.45) is 4.09. The Kier molecular flexibility index (Phi) is 3.32. The zero-order valence-electron chi connectivity index (χ0n) is 10.9. The highest BCUT2D eigenvalue weighted by molar-refractivity contribution is 5.81. The maximum atomic E-state index is 11.7. The summed E-state index contributed by atoms with van der Waals surface area (Å²) in [7, 11) is 0. The lowest BCUT2D eigenvalue weighted by Gasteiger charge is -2.17. The van der Waals surface area contributed by atoms with Crippen molar-refractivity contribution < 1.29 is 4.79 Å². The van der Waals surface area contributed by atoms with Crippen LogP contribution in [0.25, 0.3) is 11.0 Å². The topological polar surface area (TPSA) is 70.7 Å². The Hall–Kier alpha value is -1.91. The van der Waals surface area contributed by atoms with Crippen molar-refractivity contribution in [3.05, 3.63) is 24.3 Å². The quantitative estimate of drug-likeness (QED) is 0.865. The average molecular weight is 246 g/mol. The van der Waals surface area contributed by atoms with Gasteiger partial charge in [0.15, 0.2) is 0 Å². The van der Waals surface area contributed by atoms with Gasteiger partial charge in [0.1, 0.15) is 12.0 Å². The van der Waals surface area contributed by atoms with E-state index >= 15 is 0 Å². The molecule has 0 aromatic carbocycles. The summed E-state index contributed by atoms with van der Waals surface area (Å²) in [6.45, 7) is 6.29. The van der Waals surface area contributed by atoms with E-state index in [1.807, 2.05) is 33.0 Å². The molecule has 0 aliphatic carbocycles. The SMILES string of the molecule is CC(C)(C)C(=O)NCCc1ncnc2[nH]ccc12. The molecule has 2 N–H and O–H groups in total. The van der Waals surface area contributed by atoms with Crippen molar-refractivity contribution >= 4 is 16.9 Å². The van der Waals surface area contributed by atoms with Gasteiger partial charge in [0.05, 0.1) is 5.69 Å². The van der Waals surface area contributed by atoms with Gasteiger partial charge >= 0.3 is 0 Å². The highest BCUT2D eigenvalue weighted by atomic mass is 16.2. The number of aromatic amines is 1. The number of rotatable bonds is 3. The van der Waals surface area contributed by atoms with Crippen LogP contribution in [0, 0.1) is 5.41 Å². The van der Waals surface area contributed by atoms with Crippen LogP contribution in [0.5, 0.6) is 0 Å². The number of aromatic nitrogens is 3. The number of carbonyl (C=O) groups is 1. The van der Waals surface area contributed by atoms with E-state index in [1.165, 1.54) is 0 Å². The minimum absolute atomic E-state index is 0.0573. The summed E-state index contributed by atoms with van der Waals surface area (Å²) in [5.41, 5.74) is 1.44. The summed E-state index contributed by atoms with van der Waals surface area (Å²) in [5, 5.41) is 3.93. The highest BCUT2D eigenvalue weighted by Gasteiger charge is 2.20. The summed E-state index contributed by atoms with van der Waals surface area (Å²) >= 11 is 0. The van der Waals surface area contributed by atoms with Crippen molar-refractivity contribution in [3.63, 3.8) is 0 Å². The fourth-order valence-electron chi connectivity index (χ4n) is 1.68. The number of nitrogens with zero attached hydrogens (tertiary/aromatic N) is 2. The van der Waals surface area contributed by atoms with Crippen LogP contribution in [-0.4, -0.2) is 27.4 Å². The molecule has 0 saturated carbocycles. The molecule has 0 aliphatic rings. The Labute approximate surface area is 106 Å². The summed E-state index contributed by atoms with van der Waals surface area (Å²) < 4.78 is 0. The van der Waals surface area contributed by atoms with Crippen LogP contribution in [0.4, 0.5) is 0 Å². The largest absolute Gasteiger partial charge is 0.355 e. The molecule has 2 heterocycles. The number of fused-ring (bicyclic) bond motifs is 1. The third-order valence-corrected chi connectivity index (χ3v) is 2.77. The van der Waals surface area contributed by atoms with E-state index in [0.717, 1.165) is 16.7 Å². The summed E-state index contributed by atoms with van der Waals surface area (Å²) in [5.74, 6) is 0.0573. The maximum absolute atomic E-state index is 11.7. The van der Waals surface area contributed by atoms with E-state index in [-0.39, 0.29) is 11.3 Å². The van der Waals surface area contributed by atoms with Crippen molar-refractivity contribution in [1.82, 2.24) is 20.3 Å². The molecule has 0 fully saturated rings. The molecule has 2 aromatic heterocycles. The molecule has 0 unspecified atom stereocenters. The van der Waals surface area contributed by atoms with Gasteiger partial charge in [-0.05, 0) is 6.07 Å². The van der Waals surface area contributed by atoms with E-state index < -0.39 is 0 Å². The van der Waals surface area contributed by atoms with E-state index in [4.69, 9.17) is 0 Å². The maximum Gasteiger partial charge on any atom is 0.225 e. The van der Waals surface area contributed by atoms with Crippen LogP contribution in [0.2, 0.25) is 0 Å². The second kappa shape index (κ2) is 4.76. The van der Waals surface area contributed by atoms with Crippen LogP contribution in [0.1, 0.15) is 26.5 Å². The summed E-state index contributed by atoms with van der Waals surface area (Å²) in [6, 6.07) is 1.95. The monoisotopic (exact) mass is 246 g/mol. The summed E-state index contributed by atoms with van der Waals surface area (Å²) in [4.78, 5) is 23.1. The number of nitrogens with one attached hydrogen (secondary N) is 2. The molecule has 1 amide bonds. The van der Waals surface area contributed by atoms with E-state index in [2.05, 4.69) is 20.3 Å². The standard InChI is InChI=1S/C13H18N4O/c1-13(2,3)12(18)15-7-5-10-9-4-6-14-11(9)17-8-16-10/h4,6,8H,5,7H2,1-3H3,(H,15,18)(H,14,16,17). The van der Waals surface area contributed by atoms with Crippen molar-refractivity contribution in [1.29, 1.82) is 0 Å². The molecule has 96 valence electrons. The Bertz CT molecular complexity index is 553. The van der Waals surface area contributed by atoms with Gasteiger partial charge < -0.3 is 10.3 Å². The molecular formula is C13H18N4O. The average Bonchev–Trinajstić information content (AvgIpc) is 2.76. The third kappa shape index (κ3) is 2.67. The van der Waals surface area contributed by atoms with Gasteiger partial charge in [-0.1, -0.05) is 20.8 Å². The van der Waals surface area contributed by atoms with Crippen molar-refractivity contribution in [2.45, 2.75) is 27.2 Å². The van der Waals surface area contributed by atoms with Gasteiger partial charge in [-0.15, -0.1) is 0 Å². The van der Waals surface area contributed by atoms with Crippen molar-refractivity contribution in [2.24, 2.45) is 5.41 Å². The lowest BCUT2D eigenvalue weighted by Crippen LogP contribution is -2.36. The Morgan fingerprint density at radius 1 is 1.39 bits per heavy atom. The molecule has 0 bridgehead atoms. The molecule has 0 radical (unpaired) electrons. The van der Waals surface area contributed by atoms with Gasteiger partial charge in [0, 0.05) is 30.0 Å². The Morgan fingerprint density at radius 2 is 2.17 bits per heavy atom. The molecule has 0 saturated heterocycles. The first-order chi connectivity index (χ1) is 8.48. The molecule has 0 aliphatic heterocycles. The van der Waals surface area contributed by atoms with Gasteiger partial charge in [0.2, 0.25) is 5.91 Å². The number of carbonyl (C=O) groups excluding carboxylic acids is 1. The molecule has 5 nitrogen and oxygen atoms in total. The van der Waals surface area contributed by atoms with Gasteiger partial charge in [0.25, 0.3) is 0 Å². The Balaban J connectivity index is 1.99. The van der Waals surface area contributed by atoms with Crippen LogP contribution >= 0.6 is 0 Å². The minimum Gasteiger partial charge on any atom is -0.355 e. The first-order valence-electron chi connectivity index (χ1n) is 6.04. The lowest BCUT2D eigenvalue weighted by atomic mass is 9.96. The molecule has 0 spiro atoms. The number of H-pyrrole nitrogens is 1. The molecular weight excluding hydrogens is 228 g/mol. The van der Waals surface area contributed by atoms with E-state index in [1.54, 1.807) is 6.33 Å². The molecule has 18 heavy (non-hydrogen) atoms. The van der Waals surface area contributed by atoms with Crippen LogP contribution in [-0.2, 0) is 11.2 Å². The Morgan fingerprint density at radius 3 is 2.89 bits per heavy atom. The lowest BCUT2D eigenvalue weighted by molar-refractivity contribution is -0.128. The fourth-order valence-corrected chi connectivity index (χ4v) is 1.68. The predicted molar refractivity (Wildman–Crippen MR) is 70.1 cm³/mol. The minimum atomic E-state index is -0.352. The predicted octanol–water partition coefficient (Wildman–Crippen LogP) is 1.66.